The Hall–Kier alpha value is -2.65. The van der Waals surface area contributed by atoms with Gasteiger partial charge in [-0.25, -0.2) is 4.79 Å². The van der Waals surface area contributed by atoms with E-state index < -0.39 is 11.9 Å². The van der Waals surface area contributed by atoms with E-state index in [1.54, 1.807) is 16.2 Å². The van der Waals surface area contributed by atoms with Crippen molar-refractivity contribution in [2.75, 3.05) is 44.2 Å². The summed E-state index contributed by atoms with van der Waals surface area (Å²) in [6.45, 7) is 6.12. The van der Waals surface area contributed by atoms with Crippen molar-refractivity contribution in [3.05, 3.63) is 28.7 Å². The zero-order valence-electron chi connectivity index (χ0n) is 17.3. The molecule has 2 N–H and O–H groups in total. The number of rotatable bonds is 3. The second-order valence-corrected chi connectivity index (χ2v) is 8.50. The van der Waals surface area contributed by atoms with Crippen LogP contribution in [0.4, 0.5) is 5.69 Å². The number of benzene rings is 1. The maximum absolute atomic E-state index is 13.1. The number of para-hydroxylation sites is 1. The summed E-state index contributed by atoms with van der Waals surface area (Å²) in [5, 5.41) is 5.78. The summed E-state index contributed by atoms with van der Waals surface area (Å²) in [6, 6.07) is 5.79. The summed E-state index contributed by atoms with van der Waals surface area (Å²) in [6.07, 6.45) is 1.71. The lowest BCUT2D eigenvalue weighted by molar-refractivity contribution is -0.135. The van der Waals surface area contributed by atoms with Crippen molar-refractivity contribution < 1.29 is 9.59 Å². The van der Waals surface area contributed by atoms with Crippen molar-refractivity contribution in [1.29, 1.82) is 0 Å². The quantitative estimate of drug-likeness (QED) is 0.679. The highest BCUT2D eigenvalue weighted by Gasteiger charge is 2.33. The van der Waals surface area contributed by atoms with Crippen LogP contribution in [0.5, 0.6) is 0 Å². The summed E-state index contributed by atoms with van der Waals surface area (Å²) in [7, 11) is 1.76. The molecule has 2 amide bonds. The second-order valence-electron chi connectivity index (χ2n) is 8.50. The first-order valence-electron chi connectivity index (χ1n) is 10.8. The molecular weight excluding hydrogens is 384 g/mol. The van der Waals surface area contributed by atoms with Gasteiger partial charge in [-0.1, -0.05) is 6.07 Å². The molecule has 0 bridgehead atoms. The molecule has 2 atom stereocenters. The number of piperazine rings is 1. The van der Waals surface area contributed by atoms with E-state index in [4.69, 9.17) is 0 Å². The molecule has 1 aromatic heterocycles. The van der Waals surface area contributed by atoms with Crippen LogP contribution in [-0.2, 0) is 16.6 Å². The van der Waals surface area contributed by atoms with Crippen LogP contribution in [0.1, 0.15) is 25.3 Å². The fraction of sp³-hybridized carbons (Fsp3) is 0.571. The summed E-state index contributed by atoms with van der Waals surface area (Å²) < 4.78 is 3.21. The molecule has 3 saturated heterocycles. The molecule has 3 fully saturated rings. The highest BCUT2D eigenvalue weighted by molar-refractivity contribution is 6.00. The third kappa shape index (κ3) is 3.13. The molecule has 1 unspecified atom stereocenters. The van der Waals surface area contributed by atoms with Gasteiger partial charge in [0, 0.05) is 58.8 Å². The zero-order chi connectivity index (χ0) is 20.8. The van der Waals surface area contributed by atoms with Crippen molar-refractivity contribution in [2.24, 2.45) is 7.05 Å². The minimum absolute atomic E-state index is 0.218. The van der Waals surface area contributed by atoms with Crippen molar-refractivity contribution in [3.8, 4) is 0 Å². The average molecular weight is 412 g/mol. The van der Waals surface area contributed by atoms with E-state index in [2.05, 4.69) is 26.5 Å². The number of aromatic nitrogens is 2. The van der Waals surface area contributed by atoms with Gasteiger partial charge in [0.2, 0.25) is 11.8 Å². The molecule has 4 heterocycles. The number of nitrogens with one attached hydrogen (secondary N) is 2. The Bertz CT molecular complexity index is 1050. The SMILES string of the molecule is Cn1c(=O)n(C2CCC(=O)NC2=O)c2cccc(N3CC[C@@H](N4CCNCC4)C3)c21. The Labute approximate surface area is 174 Å². The molecule has 0 aliphatic carbocycles. The highest BCUT2D eigenvalue weighted by atomic mass is 16.2. The summed E-state index contributed by atoms with van der Waals surface area (Å²) in [4.78, 5) is 42.0. The molecule has 0 saturated carbocycles. The number of imide groups is 1. The summed E-state index contributed by atoms with van der Waals surface area (Å²) in [5.74, 6) is -0.674. The largest absolute Gasteiger partial charge is 0.368 e. The van der Waals surface area contributed by atoms with Crippen LogP contribution in [0, 0.1) is 0 Å². The van der Waals surface area contributed by atoms with Gasteiger partial charge in [0.15, 0.2) is 0 Å². The van der Waals surface area contributed by atoms with Crippen LogP contribution in [0.15, 0.2) is 23.0 Å². The van der Waals surface area contributed by atoms with Crippen LogP contribution in [0.25, 0.3) is 11.0 Å². The number of aryl methyl sites for hydroxylation is 1. The fourth-order valence-electron chi connectivity index (χ4n) is 5.21. The first-order valence-corrected chi connectivity index (χ1v) is 10.8. The van der Waals surface area contributed by atoms with E-state index in [9.17, 15) is 14.4 Å². The third-order valence-corrected chi connectivity index (χ3v) is 6.78. The minimum Gasteiger partial charge on any atom is -0.368 e. The number of piperidine rings is 1. The van der Waals surface area contributed by atoms with E-state index in [1.165, 1.54) is 0 Å². The number of carbonyl (C=O) groups is 2. The van der Waals surface area contributed by atoms with Crippen molar-refractivity contribution in [3.63, 3.8) is 0 Å². The van der Waals surface area contributed by atoms with Crippen molar-refractivity contribution in [1.82, 2.24) is 24.7 Å². The standard InChI is InChI=1S/C21H28N6O3/c1-24-19-15(26-10-7-14(13-26)25-11-8-22-9-12-25)3-2-4-16(19)27(21(24)30)17-5-6-18(28)23-20(17)29/h2-4,14,17,22H,5-13H2,1H3,(H,23,28,29)/t14-,17?/m1/s1. The smallest absolute Gasteiger partial charge is 0.329 e. The van der Waals surface area contributed by atoms with Gasteiger partial charge in [0.25, 0.3) is 0 Å². The Kier molecular flexibility index (Phi) is 4.86. The van der Waals surface area contributed by atoms with Crippen molar-refractivity contribution in [2.45, 2.75) is 31.3 Å². The average Bonchev–Trinajstić information content (AvgIpc) is 3.34. The number of anilines is 1. The molecule has 3 aliphatic rings. The number of amides is 2. The van der Waals surface area contributed by atoms with Gasteiger partial charge >= 0.3 is 5.69 Å². The zero-order valence-corrected chi connectivity index (χ0v) is 17.3. The molecule has 9 heteroatoms. The predicted octanol–water partition coefficient (Wildman–Crippen LogP) is -0.198. The summed E-state index contributed by atoms with van der Waals surface area (Å²) >= 11 is 0. The number of nitrogens with zero attached hydrogens (tertiary/aromatic N) is 4. The minimum atomic E-state index is -0.652. The third-order valence-electron chi connectivity index (χ3n) is 6.78. The molecule has 30 heavy (non-hydrogen) atoms. The van der Waals surface area contributed by atoms with Gasteiger partial charge in [-0.3, -0.25) is 28.9 Å². The topological polar surface area (TPSA) is 91.6 Å². The number of carbonyl (C=O) groups excluding carboxylic acids is 2. The van der Waals surface area contributed by atoms with E-state index in [0.29, 0.717) is 12.5 Å². The van der Waals surface area contributed by atoms with Gasteiger partial charge in [-0.2, -0.15) is 0 Å². The molecular formula is C21H28N6O3. The Morgan fingerprint density at radius 2 is 1.83 bits per heavy atom. The molecule has 3 aliphatic heterocycles. The van der Waals surface area contributed by atoms with Crippen LogP contribution < -0.4 is 21.2 Å². The molecule has 160 valence electrons. The van der Waals surface area contributed by atoms with Crippen LogP contribution >= 0.6 is 0 Å². The molecule has 9 nitrogen and oxygen atoms in total. The van der Waals surface area contributed by atoms with Gasteiger partial charge in [-0.05, 0) is 25.0 Å². The Morgan fingerprint density at radius 1 is 1.03 bits per heavy atom. The second kappa shape index (κ2) is 7.55. The molecule has 0 spiro atoms. The number of imidazole rings is 1. The molecule has 0 radical (unpaired) electrons. The van der Waals surface area contributed by atoms with Gasteiger partial charge in [0.1, 0.15) is 6.04 Å². The summed E-state index contributed by atoms with van der Waals surface area (Å²) in [5.41, 5.74) is 2.42. The first kappa shape index (κ1) is 19.3. The normalized spacial score (nSPS) is 25.8. The van der Waals surface area contributed by atoms with Crippen molar-refractivity contribution >= 4 is 28.5 Å². The molecule has 2 aromatic rings. The van der Waals surface area contributed by atoms with Crippen LogP contribution in [-0.4, -0.2) is 71.2 Å². The van der Waals surface area contributed by atoms with E-state index in [1.807, 2.05) is 12.1 Å². The first-order chi connectivity index (χ1) is 14.5. The van der Waals surface area contributed by atoms with E-state index >= 15 is 0 Å². The monoisotopic (exact) mass is 412 g/mol. The number of hydrogen-bond donors (Lipinski definition) is 2. The van der Waals surface area contributed by atoms with Crippen LogP contribution in [0.2, 0.25) is 0 Å². The van der Waals surface area contributed by atoms with E-state index in [-0.39, 0.29) is 18.0 Å². The van der Waals surface area contributed by atoms with E-state index in [0.717, 1.165) is 62.4 Å². The van der Waals surface area contributed by atoms with Gasteiger partial charge < -0.3 is 10.2 Å². The number of hydrogen-bond acceptors (Lipinski definition) is 6. The van der Waals surface area contributed by atoms with Gasteiger partial charge in [0.05, 0.1) is 16.7 Å². The lowest BCUT2D eigenvalue weighted by Gasteiger charge is -2.32. The lowest BCUT2D eigenvalue weighted by atomic mass is 10.1. The Balaban J connectivity index is 1.50. The van der Waals surface area contributed by atoms with Crippen LogP contribution in [0.3, 0.4) is 0 Å². The highest BCUT2D eigenvalue weighted by Crippen LogP contribution is 2.32. The van der Waals surface area contributed by atoms with Gasteiger partial charge in [-0.15, -0.1) is 0 Å². The molecule has 1 aromatic carbocycles. The number of fused-ring (bicyclic) bond motifs is 1. The molecule has 5 rings (SSSR count). The fourth-order valence-corrected chi connectivity index (χ4v) is 5.21. The maximum Gasteiger partial charge on any atom is 0.329 e. The Morgan fingerprint density at radius 3 is 2.60 bits per heavy atom. The lowest BCUT2D eigenvalue weighted by Crippen LogP contribution is -2.49. The maximum atomic E-state index is 13.1. The predicted molar refractivity (Wildman–Crippen MR) is 114 cm³/mol.